The minimum absolute atomic E-state index is 0.494. The largest absolute Gasteiger partial charge is 0.373 e. The standard InChI is InChI=1S/C11H18N2O2/c1-3-4-5-6-14-9-11-7-10(8-12-2)13-15-11/h3,7,12H,1,4-6,8-9H2,2H3. The fourth-order valence-corrected chi connectivity index (χ4v) is 1.19. The highest BCUT2D eigenvalue weighted by atomic mass is 16.5. The molecular weight excluding hydrogens is 192 g/mol. The van der Waals surface area contributed by atoms with Crippen LogP contribution in [-0.2, 0) is 17.9 Å². The van der Waals surface area contributed by atoms with Crippen LogP contribution in [0.15, 0.2) is 23.2 Å². The minimum Gasteiger partial charge on any atom is -0.373 e. The molecule has 0 aliphatic carbocycles. The van der Waals surface area contributed by atoms with E-state index in [1.165, 1.54) is 0 Å². The monoisotopic (exact) mass is 210 g/mol. The molecule has 0 aliphatic heterocycles. The van der Waals surface area contributed by atoms with Crippen LogP contribution < -0.4 is 5.32 Å². The third kappa shape index (κ3) is 4.76. The third-order valence-corrected chi connectivity index (χ3v) is 1.91. The number of allylic oxidation sites excluding steroid dienone is 1. The molecule has 4 heteroatoms. The van der Waals surface area contributed by atoms with E-state index in [9.17, 15) is 0 Å². The van der Waals surface area contributed by atoms with Gasteiger partial charge in [0.15, 0.2) is 5.76 Å². The van der Waals surface area contributed by atoms with E-state index in [2.05, 4.69) is 17.1 Å². The van der Waals surface area contributed by atoms with Gasteiger partial charge in [0, 0.05) is 19.2 Å². The molecule has 0 fully saturated rings. The van der Waals surface area contributed by atoms with Crippen LogP contribution in [0.3, 0.4) is 0 Å². The van der Waals surface area contributed by atoms with Crippen molar-refractivity contribution in [3.8, 4) is 0 Å². The van der Waals surface area contributed by atoms with E-state index in [0.29, 0.717) is 6.61 Å². The number of hydrogen-bond donors (Lipinski definition) is 1. The van der Waals surface area contributed by atoms with Gasteiger partial charge in [0.05, 0.1) is 5.69 Å². The van der Waals surface area contributed by atoms with Gasteiger partial charge in [0.1, 0.15) is 6.61 Å². The van der Waals surface area contributed by atoms with Crippen LogP contribution in [0, 0.1) is 0 Å². The fraction of sp³-hybridized carbons (Fsp3) is 0.545. The number of rotatable bonds is 8. The molecule has 0 unspecified atom stereocenters. The number of unbranched alkanes of at least 4 members (excludes halogenated alkanes) is 1. The van der Waals surface area contributed by atoms with E-state index in [0.717, 1.165) is 37.4 Å². The quantitative estimate of drug-likeness (QED) is 0.525. The molecule has 4 nitrogen and oxygen atoms in total. The van der Waals surface area contributed by atoms with Crippen molar-refractivity contribution in [2.45, 2.75) is 26.0 Å². The summed E-state index contributed by atoms with van der Waals surface area (Å²) in [6.07, 6.45) is 3.88. The van der Waals surface area contributed by atoms with Crippen LogP contribution >= 0.6 is 0 Å². The summed E-state index contributed by atoms with van der Waals surface area (Å²) in [7, 11) is 1.88. The van der Waals surface area contributed by atoms with Crippen LogP contribution in [0.25, 0.3) is 0 Å². The van der Waals surface area contributed by atoms with Gasteiger partial charge in [-0.2, -0.15) is 0 Å². The Kier molecular flexibility index (Phi) is 5.73. The Labute approximate surface area is 90.3 Å². The third-order valence-electron chi connectivity index (χ3n) is 1.91. The first-order chi connectivity index (χ1) is 7.36. The molecule has 1 aromatic rings. The zero-order chi connectivity index (χ0) is 10.9. The van der Waals surface area contributed by atoms with Crippen LogP contribution in [0.1, 0.15) is 24.3 Å². The van der Waals surface area contributed by atoms with E-state index < -0.39 is 0 Å². The Morgan fingerprint density at radius 3 is 3.27 bits per heavy atom. The summed E-state index contributed by atoms with van der Waals surface area (Å²) in [5.74, 6) is 0.777. The summed E-state index contributed by atoms with van der Waals surface area (Å²) in [6.45, 7) is 5.60. The van der Waals surface area contributed by atoms with Gasteiger partial charge in [0.25, 0.3) is 0 Å². The molecule has 0 radical (unpaired) electrons. The molecule has 0 amide bonds. The van der Waals surface area contributed by atoms with E-state index in [1.54, 1.807) is 0 Å². The molecule has 1 rings (SSSR count). The zero-order valence-electron chi connectivity index (χ0n) is 9.16. The van der Waals surface area contributed by atoms with Crippen molar-refractivity contribution >= 4 is 0 Å². The van der Waals surface area contributed by atoms with Crippen LogP contribution in [-0.4, -0.2) is 18.8 Å². The summed E-state index contributed by atoms with van der Waals surface area (Å²) in [6, 6.07) is 1.91. The maximum Gasteiger partial charge on any atom is 0.162 e. The summed E-state index contributed by atoms with van der Waals surface area (Å²) in [5, 5.41) is 6.89. The molecule has 0 spiro atoms. The molecule has 15 heavy (non-hydrogen) atoms. The number of ether oxygens (including phenoxy) is 1. The maximum absolute atomic E-state index is 5.41. The summed E-state index contributed by atoms with van der Waals surface area (Å²) < 4.78 is 10.5. The molecule has 0 saturated heterocycles. The highest BCUT2D eigenvalue weighted by Crippen LogP contribution is 2.05. The summed E-state index contributed by atoms with van der Waals surface area (Å²) >= 11 is 0. The molecule has 84 valence electrons. The predicted octanol–water partition coefficient (Wildman–Crippen LogP) is 1.88. The van der Waals surface area contributed by atoms with Crippen molar-refractivity contribution < 1.29 is 9.26 Å². The van der Waals surface area contributed by atoms with E-state index in [1.807, 2.05) is 19.2 Å². The lowest BCUT2D eigenvalue weighted by molar-refractivity contribution is 0.0995. The maximum atomic E-state index is 5.41. The molecule has 0 atom stereocenters. The lowest BCUT2D eigenvalue weighted by Gasteiger charge is -1.98. The molecule has 0 saturated carbocycles. The van der Waals surface area contributed by atoms with Gasteiger partial charge in [-0.15, -0.1) is 6.58 Å². The van der Waals surface area contributed by atoms with Gasteiger partial charge >= 0.3 is 0 Å². The van der Waals surface area contributed by atoms with Crippen LogP contribution in [0.2, 0.25) is 0 Å². The lowest BCUT2D eigenvalue weighted by atomic mass is 10.3. The first-order valence-corrected chi connectivity index (χ1v) is 5.14. The minimum atomic E-state index is 0.494. The molecule has 0 aromatic carbocycles. The number of hydrogen-bond acceptors (Lipinski definition) is 4. The Hall–Kier alpha value is -1.13. The van der Waals surface area contributed by atoms with Crippen molar-refractivity contribution in [1.82, 2.24) is 10.5 Å². The van der Waals surface area contributed by atoms with Crippen molar-refractivity contribution in [3.63, 3.8) is 0 Å². The second kappa shape index (κ2) is 7.20. The van der Waals surface area contributed by atoms with Crippen molar-refractivity contribution in [1.29, 1.82) is 0 Å². The highest BCUT2D eigenvalue weighted by Gasteiger charge is 2.02. The SMILES string of the molecule is C=CCCCOCc1cc(CNC)no1. The van der Waals surface area contributed by atoms with Gasteiger partial charge < -0.3 is 14.6 Å². The molecule has 0 bridgehead atoms. The van der Waals surface area contributed by atoms with Gasteiger partial charge in [-0.05, 0) is 19.9 Å². The number of aromatic nitrogens is 1. The molecule has 1 aromatic heterocycles. The predicted molar refractivity (Wildman–Crippen MR) is 58.4 cm³/mol. The normalized spacial score (nSPS) is 10.5. The number of nitrogens with one attached hydrogen (secondary N) is 1. The topological polar surface area (TPSA) is 47.3 Å². The first-order valence-electron chi connectivity index (χ1n) is 5.14. The second-order valence-corrected chi connectivity index (χ2v) is 3.30. The zero-order valence-corrected chi connectivity index (χ0v) is 9.16. The summed E-state index contributed by atoms with van der Waals surface area (Å²) in [4.78, 5) is 0. The summed E-state index contributed by atoms with van der Waals surface area (Å²) in [5.41, 5.74) is 0.905. The lowest BCUT2D eigenvalue weighted by Crippen LogP contribution is -2.04. The van der Waals surface area contributed by atoms with Gasteiger partial charge in [-0.25, -0.2) is 0 Å². The average Bonchev–Trinajstić information content (AvgIpc) is 2.66. The Morgan fingerprint density at radius 1 is 1.67 bits per heavy atom. The Morgan fingerprint density at radius 2 is 2.53 bits per heavy atom. The van der Waals surface area contributed by atoms with E-state index >= 15 is 0 Å². The Bertz CT molecular complexity index is 284. The van der Waals surface area contributed by atoms with Crippen LogP contribution in [0.4, 0.5) is 0 Å². The van der Waals surface area contributed by atoms with Gasteiger partial charge in [-0.1, -0.05) is 11.2 Å². The fourth-order valence-electron chi connectivity index (χ4n) is 1.19. The van der Waals surface area contributed by atoms with Crippen molar-refractivity contribution in [2.24, 2.45) is 0 Å². The van der Waals surface area contributed by atoms with Crippen molar-refractivity contribution in [2.75, 3.05) is 13.7 Å². The van der Waals surface area contributed by atoms with E-state index in [-0.39, 0.29) is 0 Å². The van der Waals surface area contributed by atoms with Crippen LogP contribution in [0.5, 0.6) is 0 Å². The number of nitrogens with zero attached hydrogens (tertiary/aromatic N) is 1. The van der Waals surface area contributed by atoms with Gasteiger partial charge in [-0.3, -0.25) is 0 Å². The molecule has 1 N–H and O–H groups in total. The van der Waals surface area contributed by atoms with E-state index in [4.69, 9.17) is 9.26 Å². The van der Waals surface area contributed by atoms with Crippen molar-refractivity contribution in [3.05, 3.63) is 30.2 Å². The smallest absolute Gasteiger partial charge is 0.162 e. The van der Waals surface area contributed by atoms with Gasteiger partial charge in [0.2, 0.25) is 0 Å². The Balaban J connectivity index is 2.16. The average molecular weight is 210 g/mol. The second-order valence-electron chi connectivity index (χ2n) is 3.30. The molecule has 1 heterocycles. The highest BCUT2D eigenvalue weighted by molar-refractivity contribution is 5.03. The molecular formula is C11H18N2O2. The molecule has 0 aliphatic rings. The first kappa shape index (κ1) is 11.9.